The number of thiophene rings is 1. The molecule has 0 saturated carbocycles. The number of benzene rings is 2. The van der Waals surface area contributed by atoms with Crippen molar-refractivity contribution in [2.75, 3.05) is 7.11 Å². The summed E-state index contributed by atoms with van der Waals surface area (Å²) in [5.74, 6) is 0.283. The zero-order chi connectivity index (χ0) is 19.0. The van der Waals surface area contributed by atoms with Gasteiger partial charge in [0.2, 0.25) is 0 Å². The Morgan fingerprint density at radius 1 is 1.11 bits per heavy atom. The number of ether oxygens (including phenoxy) is 2. The summed E-state index contributed by atoms with van der Waals surface area (Å²) in [6.45, 7) is 1.92. The van der Waals surface area contributed by atoms with Crippen molar-refractivity contribution in [1.82, 2.24) is 9.78 Å². The highest BCUT2D eigenvalue weighted by Gasteiger charge is 2.19. The first-order chi connectivity index (χ1) is 13.1. The molecule has 0 spiro atoms. The van der Waals surface area contributed by atoms with Gasteiger partial charge in [0.1, 0.15) is 9.71 Å². The minimum atomic E-state index is -0.448. The molecule has 0 aliphatic carbocycles. The van der Waals surface area contributed by atoms with Crippen LogP contribution in [0.1, 0.15) is 15.4 Å². The number of aryl methyl sites for hydroxylation is 1. The minimum Gasteiger partial charge on any atom is -0.493 e. The second-order valence-corrected chi connectivity index (χ2v) is 7.31. The first-order valence-corrected chi connectivity index (χ1v) is 9.36. The van der Waals surface area contributed by atoms with E-state index < -0.39 is 5.97 Å². The summed E-state index contributed by atoms with van der Waals surface area (Å²) in [5, 5.41) is 6.02. The number of para-hydroxylation sites is 1. The smallest absolute Gasteiger partial charge is 0.353 e. The number of hydrogen-bond donors (Lipinski definition) is 0. The molecule has 0 N–H and O–H groups in total. The Kier molecular flexibility index (Phi) is 4.59. The number of hydrogen-bond acceptors (Lipinski definition) is 5. The van der Waals surface area contributed by atoms with E-state index in [4.69, 9.17) is 21.1 Å². The molecule has 0 unspecified atom stereocenters. The molecule has 2 aromatic heterocycles. The molecule has 7 heteroatoms. The van der Waals surface area contributed by atoms with Crippen molar-refractivity contribution in [1.29, 1.82) is 0 Å². The van der Waals surface area contributed by atoms with Crippen LogP contribution in [0.5, 0.6) is 11.5 Å². The van der Waals surface area contributed by atoms with E-state index in [0.29, 0.717) is 21.4 Å². The summed E-state index contributed by atoms with van der Waals surface area (Å²) >= 11 is 7.30. The van der Waals surface area contributed by atoms with E-state index in [1.807, 2.05) is 48.0 Å². The number of nitrogens with zero attached hydrogens (tertiary/aromatic N) is 2. The van der Waals surface area contributed by atoms with Crippen LogP contribution < -0.4 is 9.47 Å². The number of halogens is 1. The minimum absolute atomic E-state index is 0.325. The lowest BCUT2D eigenvalue weighted by Gasteiger charge is -2.08. The van der Waals surface area contributed by atoms with Crippen molar-refractivity contribution in [2.45, 2.75) is 6.92 Å². The van der Waals surface area contributed by atoms with Crippen LogP contribution in [0.3, 0.4) is 0 Å². The number of methoxy groups -OCH3 is 1. The molecule has 5 nitrogen and oxygen atoms in total. The average Bonchev–Trinajstić information content (AvgIpc) is 3.24. The fourth-order valence-electron chi connectivity index (χ4n) is 2.77. The summed E-state index contributed by atoms with van der Waals surface area (Å²) in [4.78, 5) is 14.1. The maximum absolute atomic E-state index is 12.7. The predicted molar refractivity (Wildman–Crippen MR) is 107 cm³/mol. The third-order valence-corrected chi connectivity index (χ3v) is 5.40. The van der Waals surface area contributed by atoms with Crippen LogP contribution in [0.15, 0.2) is 54.6 Å². The molecular weight excluding hydrogens is 384 g/mol. The first-order valence-electron chi connectivity index (χ1n) is 8.17. The lowest BCUT2D eigenvalue weighted by atomic mass is 10.3. The fraction of sp³-hybridized carbons (Fsp3) is 0.100. The zero-order valence-corrected chi connectivity index (χ0v) is 16.2. The van der Waals surface area contributed by atoms with E-state index in [1.54, 1.807) is 18.2 Å². The largest absolute Gasteiger partial charge is 0.493 e. The molecule has 0 radical (unpaired) electrons. The molecule has 0 aliphatic rings. The van der Waals surface area contributed by atoms with Crippen molar-refractivity contribution in [3.63, 3.8) is 0 Å². The molecule has 4 aromatic rings. The molecule has 0 amide bonds. The molecule has 4 rings (SSSR count). The van der Waals surface area contributed by atoms with E-state index in [2.05, 4.69) is 5.10 Å². The number of carbonyl (C=O) groups is 1. The van der Waals surface area contributed by atoms with E-state index >= 15 is 0 Å². The summed E-state index contributed by atoms with van der Waals surface area (Å²) in [7, 11) is 1.50. The van der Waals surface area contributed by atoms with Crippen molar-refractivity contribution >= 4 is 39.1 Å². The number of esters is 1. The Balaban J connectivity index is 1.70. The highest BCUT2D eigenvalue weighted by atomic mass is 35.5. The van der Waals surface area contributed by atoms with Gasteiger partial charge in [-0.3, -0.25) is 0 Å². The zero-order valence-electron chi connectivity index (χ0n) is 14.6. The second kappa shape index (κ2) is 7.06. The van der Waals surface area contributed by atoms with E-state index in [0.717, 1.165) is 21.6 Å². The van der Waals surface area contributed by atoms with Crippen molar-refractivity contribution in [3.05, 3.63) is 70.2 Å². The molecular formula is C20H15ClN2O3S. The molecule has 136 valence electrons. The van der Waals surface area contributed by atoms with Gasteiger partial charge >= 0.3 is 5.97 Å². The van der Waals surface area contributed by atoms with Crippen LogP contribution in [0, 0.1) is 6.92 Å². The quantitative estimate of drug-likeness (QED) is 0.347. The topological polar surface area (TPSA) is 53.4 Å². The molecule has 2 aromatic carbocycles. The van der Waals surface area contributed by atoms with Crippen LogP contribution >= 0.6 is 22.9 Å². The van der Waals surface area contributed by atoms with Gasteiger partial charge in [-0.1, -0.05) is 29.8 Å². The molecule has 0 atom stereocenters. The average molecular weight is 399 g/mol. The Morgan fingerprint density at radius 2 is 1.89 bits per heavy atom. The molecule has 0 fully saturated rings. The summed E-state index contributed by atoms with van der Waals surface area (Å²) in [6, 6.07) is 16.5. The number of carbonyl (C=O) groups excluding carboxylic acids is 1. The maximum Gasteiger partial charge on any atom is 0.353 e. The van der Waals surface area contributed by atoms with Gasteiger partial charge in [0.25, 0.3) is 0 Å². The van der Waals surface area contributed by atoms with E-state index in [1.165, 1.54) is 18.4 Å². The normalized spacial score (nSPS) is 10.9. The lowest BCUT2D eigenvalue weighted by molar-refractivity contribution is 0.0735. The van der Waals surface area contributed by atoms with Crippen molar-refractivity contribution in [2.24, 2.45) is 0 Å². The Labute approximate surface area is 164 Å². The molecule has 2 heterocycles. The monoisotopic (exact) mass is 398 g/mol. The van der Waals surface area contributed by atoms with Gasteiger partial charge in [-0.2, -0.15) is 5.10 Å². The molecule has 0 saturated heterocycles. The first kappa shape index (κ1) is 17.6. The van der Waals surface area contributed by atoms with Gasteiger partial charge in [-0.25, -0.2) is 9.48 Å². The van der Waals surface area contributed by atoms with Crippen LogP contribution in [-0.4, -0.2) is 22.9 Å². The Bertz CT molecular complexity index is 1140. The van der Waals surface area contributed by atoms with Crippen LogP contribution in [0.4, 0.5) is 0 Å². The molecule has 27 heavy (non-hydrogen) atoms. The van der Waals surface area contributed by atoms with Gasteiger partial charge in [0, 0.05) is 16.5 Å². The van der Waals surface area contributed by atoms with Gasteiger partial charge < -0.3 is 9.47 Å². The van der Waals surface area contributed by atoms with Gasteiger partial charge in [-0.05, 0) is 37.3 Å². The maximum atomic E-state index is 12.7. The molecule has 0 aliphatic heterocycles. The third kappa shape index (κ3) is 3.29. The number of fused-ring (bicyclic) bond motifs is 1. The Morgan fingerprint density at radius 3 is 2.63 bits per heavy atom. The Hall–Kier alpha value is -2.83. The fourth-order valence-corrected chi connectivity index (χ4v) is 3.99. The van der Waals surface area contributed by atoms with Gasteiger partial charge in [0.05, 0.1) is 18.5 Å². The lowest BCUT2D eigenvalue weighted by Crippen LogP contribution is -2.07. The summed E-state index contributed by atoms with van der Waals surface area (Å²) in [5.41, 5.74) is 1.80. The van der Waals surface area contributed by atoms with Crippen LogP contribution in [0.25, 0.3) is 15.9 Å². The van der Waals surface area contributed by atoms with Crippen molar-refractivity contribution in [3.8, 4) is 17.2 Å². The van der Waals surface area contributed by atoms with Crippen LogP contribution in [0.2, 0.25) is 5.02 Å². The van der Waals surface area contributed by atoms with Gasteiger partial charge in [0.15, 0.2) is 11.5 Å². The molecule has 0 bridgehead atoms. The third-order valence-electron chi connectivity index (χ3n) is 4.07. The summed E-state index contributed by atoms with van der Waals surface area (Å²) in [6.07, 6.45) is 0. The van der Waals surface area contributed by atoms with Crippen molar-refractivity contribution < 1.29 is 14.3 Å². The highest BCUT2D eigenvalue weighted by Crippen LogP contribution is 2.34. The predicted octanol–water partition coefficient (Wildman–Crippen LogP) is 5.28. The number of aromatic nitrogens is 2. The van der Waals surface area contributed by atoms with E-state index in [9.17, 15) is 4.79 Å². The highest BCUT2D eigenvalue weighted by molar-refractivity contribution is 7.20. The summed E-state index contributed by atoms with van der Waals surface area (Å²) < 4.78 is 12.6. The number of rotatable bonds is 4. The van der Waals surface area contributed by atoms with Gasteiger partial charge in [-0.15, -0.1) is 11.3 Å². The SMILES string of the molecule is COc1cc(Cl)ccc1OC(=O)c1cc2c(C)nn(-c3ccccc3)c2s1. The van der Waals surface area contributed by atoms with E-state index in [-0.39, 0.29) is 0 Å². The standard InChI is InChI=1S/C20H15ClN2O3S/c1-12-15-11-18(20(24)26-16-9-8-13(21)10-17(16)25-2)27-19(15)23(22-12)14-6-4-3-5-7-14/h3-11H,1-2H3. The second-order valence-electron chi connectivity index (χ2n) is 5.85. The van der Waals surface area contributed by atoms with Crippen LogP contribution in [-0.2, 0) is 0 Å².